The zero-order valence-corrected chi connectivity index (χ0v) is 20.1. The van der Waals surface area contributed by atoms with Crippen molar-refractivity contribution in [2.75, 3.05) is 11.9 Å². The highest BCUT2D eigenvalue weighted by Gasteiger charge is 2.27. The lowest BCUT2D eigenvalue weighted by Crippen LogP contribution is -2.43. The maximum absolute atomic E-state index is 13.5. The number of amides is 1. The summed E-state index contributed by atoms with van der Waals surface area (Å²) < 4.78 is 19.3. The second kappa shape index (κ2) is 9.84. The van der Waals surface area contributed by atoms with Crippen LogP contribution in [0.1, 0.15) is 29.7 Å². The van der Waals surface area contributed by atoms with Gasteiger partial charge < -0.3 is 19.9 Å². The molecule has 36 heavy (non-hydrogen) atoms. The van der Waals surface area contributed by atoms with E-state index >= 15 is 0 Å². The van der Waals surface area contributed by atoms with Crippen LogP contribution in [-0.2, 0) is 11.3 Å². The SMILES string of the molecule is Cc1c(CN2CCC(Nc3ncncc3Oc3ccc(F)c(Cl)c3)CC2=O)ccc2[nH]c(C#N)cc12. The average molecular weight is 505 g/mol. The number of hydrogen-bond donors (Lipinski definition) is 2. The van der Waals surface area contributed by atoms with E-state index in [2.05, 4.69) is 26.3 Å². The third kappa shape index (κ3) is 4.81. The summed E-state index contributed by atoms with van der Waals surface area (Å²) in [6.07, 6.45) is 3.92. The molecule has 1 amide bonds. The van der Waals surface area contributed by atoms with Gasteiger partial charge in [0.15, 0.2) is 11.6 Å². The Hall–Kier alpha value is -4.16. The number of H-pyrrole nitrogens is 1. The van der Waals surface area contributed by atoms with Crippen LogP contribution in [0.15, 0.2) is 48.9 Å². The zero-order chi connectivity index (χ0) is 25.2. The van der Waals surface area contributed by atoms with Crippen molar-refractivity contribution in [3.05, 3.63) is 76.6 Å². The fourth-order valence-electron chi connectivity index (χ4n) is 4.36. The van der Waals surface area contributed by atoms with Crippen LogP contribution >= 0.6 is 11.6 Å². The maximum Gasteiger partial charge on any atom is 0.224 e. The van der Waals surface area contributed by atoms with Crippen LogP contribution in [0.4, 0.5) is 10.2 Å². The molecule has 5 rings (SSSR count). The van der Waals surface area contributed by atoms with Gasteiger partial charge in [-0.1, -0.05) is 17.7 Å². The molecule has 0 saturated carbocycles. The Balaban J connectivity index is 1.25. The minimum Gasteiger partial charge on any atom is -0.452 e. The van der Waals surface area contributed by atoms with E-state index < -0.39 is 5.82 Å². The first-order chi connectivity index (χ1) is 17.4. The molecule has 4 aromatic rings. The molecule has 182 valence electrons. The Labute approximate surface area is 211 Å². The first-order valence-electron chi connectivity index (χ1n) is 11.4. The number of nitrogens with one attached hydrogen (secondary N) is 2. The maximum atomic E-state index is 13.5. The van der Waals surface area contributed by atoms with Crippen molar-refractivity contribution >= 4 is 34.2 Å². The standard InChI is InChI=1S/C26H22ClFN6O2/c1-15-16(2-5-23-20(15)8-18(11-29)32-23)13-34-7-6-17(9-25(34)35)33-26-24(12-30-14-31-26)36-19-3-4-22(28)21(27)10-19/h2-5,8,10,12,14,17,32H,6-7,9,13H2,1H3,(H,30,31,33). The minimum absolute atomic E-state index is 0.0341. The summed E-state index contributed by atoms with van der Waals surface area (Å²) in [4.78, 5) is 26.2. The lowest BCUT2D eigenvalue weighted by Gasteiger charge is -2.33. The van der Waals surface area contributed by atoms with E-state index in [-0.39, 0.29) is 17.0 Å². The molecule has 0 radical (unpaired) electrons. The van der Waals surface area contributed by atoms with E-state index in [1.807, 2.05) is 30.0 Å². The summed E-state index contributed by atoms with van der Waals surface area (Å²) in [6, 6.07) is 11.9. The van der Waals surface area contributed by atoms with Gasteiger partial charge in [-0.2, -0.15) is 5.26 Å². The highest BCUT2D eigenvalue weighted by Crippen LogP contribution is 2.31. The number of ether oxygens (including phenoxy) is 1. The number of nitrogens with zero attached hydrogens (tertiary/aromatic N) is 4. The molecule has 1 fully saturated rings. The normalized spacial score (nSPS) is 15.7. The monoisotopic (exact) mass is 504 g/mol. The van der Waals surface area contributed by atoms with Crippen molar-refractivity contribution < 1.29 is 13.9 Å². The lowest BCUT2D eigenvalue weighted by atomic mass is 10.0. The highest BCUT2D eigenvalue weighted by molar-refractivity contribution is 6.30. The van der Waals surface area contributed by atoms with Crippen molar-refractivity contribution in [3.63, 3.8) is 0 Å². The van der Waals surface area contributed by atoms with E-state index in [1.54, 1.807) is 0 Å². The van der Waals surface area contributed by atoms with Crippen LogP contribution < -0.4 is 10.1 Å². The topological polar surface area (TPSA) is 107 Å². The van der Waals surface area contributed by atoms with Gasteiger partial charge in [0.1, 0.15) is 29.7 Å². The quantitative estimate of drug-likeness (QED) is 0.368. The van der Waals surface area contributed by atoms with E-state index in [0.717, 1.165) is 28.5 Å². The smallest absolute Gasteiger partial charge is 0.224 e. The number of piperidine rings is 1. The minimum atomic E-state index is -0.535. The second-order valence-corrected chi connectivity index (χ2v) is 9.08. The number of anilines is 1. The average Bonchev–Trinajstić information content (AvgIpc) is 3.30. The first kappa shape index (κ1) is 23.6. The number of carbonyl (C=O) groups is 1. The van der Waals surface area contributed by atoms with E-state index in [0.29, 0.717) is 42.5 Å². The molecule has 1 aliphatic rings. The van der Waals surface area contributed by atoms with Crippen molar-refractivity contribution in [2.45, 2.75) is 32.4 Å². The van der Waals surface area contributed by atoms with E-state index in [9.17, 15) is 9.18 Å². The van der Waals surface area contributed by atoms with Gasteiger partial charge >= 0.3 is 0 Å². The van der Waals surface area contributed by atoms with Gasteiger partial charge in [-0.05, 0) is 48.7 Å². The molecule has 2 aromatic carbocycles. The fourth-order valence-corrected chi connectivity index (χ4v) is 4.53. The molecule has 1 aliphatic heterocycles. The van der Waals surface area contributed by atoms with Gasteiger partial charge in [0.05, 0.1) is 11.2 Å². The van der Waals surface area contributed by atoms with E-state index in [4.69, 9.17) is 21.6 Å². The number of nitriles is 1. The molecule has 8 nitrogen and oxygen atoms in total. The van der Waals surface area contributed by atoms with Crippen LogP contribution in [-0.4, -0.2) is 38.3 Å². The Kier molecular flexibility index (Phi) is 6.44. The number of fused-ring (bicyclic) bond motifs is 1. The third-order valence-corrected chi connectivity index (χ3v) is 6.62. The van der Waals surface area contributed by atoms with Crippen LogP contribution in [0.2, 0.25) is 5.02 Å². The summed E-state index contributed by atoms with van der Waals surface area (Å²) in [5.41, 5.74) is 3.54. The van der Waals surface area contributed by atoms with Gasteiger partial charge in [0, 0.05) is 42.5 Å². The van der Waals surface area contributed by atoms with Crippen molar-refractivity contribution in [3.8, 4) is 17.6 Å². The first-order valence-corrected chi connectivity index (χ1v) is 11.8. The summed E-state index contributed by atoms with van der Waals surface area (Å²) in [6.45, 7) is 3.10. The predicted octanol–water partition coefficient (Wildman–Crippen LogP) is 5.33. The van der Waals surface area contributed by atoms with Gasteiger partial charge in [0.25, 0.3) is 0 Å². The van der Waals surface area contributed by atoms with Crippen molar-refractivity contribution in [2.24, 2.45) is 0 Å². The predicted molar refractivity (Wildman–Crippen MR) is 133 cm³/mol. The van der Waals surface area contributed by atoms with Crippen LogP contribution in [0, 0.1) is 24.1 Å². The van der Waals surface area contributed by atoms with Crippen molar-refractivity contribution in [1.29, 1.82) is 5.26 Å². The molecule has 0 spiro atoms. The highest BCUT2D eigenvalue weighted by atomic mass is 35.5. The summed E-state index contributed by atoms with van der Waals surface area (Å²) >= 11 is 5.85. The molecule has 0 bridgehead atoms. The molecule has 10 heteroatoms. The molecular formula is C26H22ClFN6O2. The molecule has 2 aromatic heterocycles. The number of aromatic nitrogens is 3. The van der Waals surface area contributed by atoms with E-state index in [1.165, 1.54) is 30.7 Å². The summed E-state index contributed by atoms with van der Waals surface area (Å²) in [5, 5.41) is 13.4. The number of aromatic amines is 1. The van der Waals surface area contributed by atoms with Crippen LogP contribution in [0.25, 0.3) is 10.9 Å². The molecule has 1 atom stereocenters. The zero-order valence-electron chi connectivity index (χ0n) is 19.4. The molecule has 2 N–H and O–H groups in total. The molecule has 1 saturated heterocycles. The number of hydrogen-bond acceptors (Lipinski definition) is 6. The Morgan fingerprint density at radius 1 is 1.33 bits per heavy atom. The van der Waals surface area contributed by atoms with Gasteiger partial charge in [-0.25, -0.2) is 14.4 Å². The fraction of sp³-hybridized carbons (Fsp3) is 0.231. The third-order valence-electron chi connectivity index (χ3n) is 6.33. The summed E-state index contributed by atoms with van der Waals surface area (Å²) in [7, 11) is 0. The molecular weight excluding hydrogens is 483 g/mol. The van der Waals surface area contributed by atoms with Crippen molar-refractivity contribution in [1.82, 2.24) is 19.9 Å². The number of rotatable bonds is 6. The Morgan fingerprint density at radius 3 is 2.97 bits per heavy atom. The molecule has 0 aliphatic carbocycles. The largest absolute Gasteiger partial charge is 0.452 e. The van der Waals surface area contributed by atoms with Gasteiger partial charge in [-0.15, -0.1) is 0 Å². The second-order valence-electron chi connectivity index (χ2n) is 8.67. The number of halogens is 2. The number of aryl methyl sites for hydroxylation is 1. The van der Waals surface area contributed by atoms with Crippen LogP contribution in [0.5, 0.6) is 11.5 Å². The van der Waals surface area contributed by atoms with Gasteiger partial charge in [-0.3, -0.25) is 4.79 Å². The number of likely N-dealkylation sites (tertiary alicyclic amines) is 1. The molecule has 1 unspecified atom stereocenters. The molecule has 3 heterocycles. The van der Waals surface area contributed by atoms with Gasteiger partial charge in [0.2, 0.25) is 5.91 Å². The van der Waals surface area contributed by atoms with Crippen LogP contribution in [0.3, 0.4) is 0 Å². The lowest BCUT2D eigenvalue weighted by molar-refractivity contribution is -0.134. The number of carbonyl (C=O) groups excluding carboxylic acids is 1. The Bertz CT molecular complexity index is 1500. The number of benzene rings is 2. The summed E-state index contributed by atoms with van der Waals surface area (Å²) in [5.74, 6) is 0.640. The Morgan fingerprint density at radius 2 is 2.19 bits per heavy atom.